The van der Waals surface area contributed by atoms with Gasteiger partial charge in [0.2, 0.25) is 11.8 Å². The summed E-state index contributed by atoms with van der Waals surface area (Å²) in [4.78, 5) is 33.0. The first kappa shape index (κ1) is 28.4. The Kier molecular flexibility index (Phi) is 8.34. The standard InChI is InChI=1S/C28H32ClN5O4S2/c1-18-16-25(19(2)15-21(18)29)40(37,38)34-23-6-4-3-5-22(23)32-27(36)24(34)17-26(35)30-10-7-20-8-12-33(13-9-20)28-31-11-14-39-28/h3-6,11,14-16,20,24H,7-10,12-13,17H2,1-2H3,(H,30,35)(H,32,36). The first-order valence-electron chi connectivity index (χ1n) is 13.3. The largest absolute Gasteiger partial charge is 0.356 e. The molecule has 40 heavy (non-hydrogen) atoms. The molecular formula is C28H32ClN5O4S2. The molecule has 2 amide bonds. The van der Waals surface area contributed by atoms with E-state index in [1.807, 2.05) is 11.6 Å². The molecule has 3 heterocycles. The number of thiazole rings is 1. The van der Waals surface area contributed by atoms with Crippen molar-refractivity contribution in [2.75, 3.05) is 34.2 Å². The average Bonchev–Trinajstić information content (AvgIpc) is 3.46. The molecule has 1 aromatic heterocycles. The molecule has 2 aromatic carbocycles. The third kappa shape index (κ3) is 5.82. The molecule has 1 unspecified atom stereocenters. The molecule has 0 spiro atoms. The zero-order chi connectivity index (χ0) is 28.4. The highest BCUT2D eigenvalue weighted by Crippen LogP contribution is 2.38. The molecule has 1 atom stereocenters. The van der Waals surface area contributed by atoms with Crippen LogP contribution in [0.25, 0.3) is 0 Å². The van der Waals surface area contributed by atoms with Crippen molar-refractivity contribution < 1.29 is 18.0 Å². The lowest BCUT2D eigenvalue weighted by Crippen LogP contribution is -2.53. The SMILES string of the molecule is Cc1cc(S(=O)(=O)N2c3ccccc3NC(=O)C2CC(=O)NCCC2CCN(c3nccs3)CC2)c(C)cc1Cl. The van der Waals surface area contributed by atoms with Gasteiger partial charge in [-0.15, -0.1) is 11.3 Å². The van der Waals surface area contributed by atoms with Gasteiger partial charge in [-0.2, -0.15) is 0 Å². The molecule has 2 N–H and O–H groups in total. The molecule has 2 aliphatic heterocycles. The Balaban J connectivity index is 1.28. The van der Waals surface area contributed by atoms with Gasteiger partial charge in [-0.1, -0.05) is 23.7 Å². The maximum absolute atomic E-state index is 14.1. The van der Waals surface area contributed by atoms with E-state index in [0.29, 0.717) is 40.0 Å². The van der Waals surface area contributed by atoms with Gasteiger partial charge in [0.05, 0.1) is 22.7 Å². The first-order chi connectivity index (χ1) is 19.1. The lowest BCUT2D eigenvalue weighted by atomic mass is 9.94. The predicted molar refractivity (Wildman–Crippen MR) is 159 cm³/mol. The van der Waals surface area contributed by atoms with Crippen molar-refractivity contribution in [2.45, 2.75) is 50.5 Å². The number of halogens is 1. The minimum Gasteiger partial charge on any atom is -0.356 e. The van der Waals surface area contributed by atoms with Crippen molar-refractivity contribution in [1.29, 1.82) is 0 Å². The summed E-state index contributed by atoms with van der Waals surface area (Å²) < 4.78 is 29.2. The van der Waals surface area contributed by atoms with Crippen LogP contribution < -0.4 is 19.8 Å². The zero-order valence-electron chi connectivity index (χ0n) is 22.4. The molecule has 1 fully saturated rings. The van der Waals surface area contributed by atoms with Crippen LogP contribution in [0.5, 0.6) is 0 Å². The van der Waals surface area contributed by atoms with Crippen LogP contribution in [0.1, 0.15) is 36.8 Å². The van der Waals surface area contributed by atoms with Crippen LogP contribution in [0.3, 0.4) is 0 Å². The highest BCUT2D eigenvalue weighted by molar-refractivity contribution is 7.93. The smallest absolute Gasteiger partial charge is 0.265 e. The van der Waals surface area contributed by atoms with E-state index in [-0.39, 0.29) is 17.2 Å². The highest BCUT2D eigenvalue weighted by atomic mass is 35.5. The van der Waals surface area contributed by atoms with Crippen LogP contribution in [0.2, 0.25) is 5.02 Å². The number of fused-ring (bicyclic) bond motifs is 1. The van der Waals surface area contributed by atoms with Gasteiger partial charge in [-0.25, -0.2) is 13.4 Å². The zero-order valence-corrected chi connectivity index (χ0v) is 24.8. The van der Waals surface area contributed by atoms with Gasteiger partial charge in [0.15, 0.2) is 5.13 Å². The monoisotopic (exact) mass is 601 g/mol. The number of carbonyl (C=O) groups is 2. The number of benzene rings is 2. The Morgan fingerprint density at radius 1 is 1.18 bits per heavy atom. The minimum atomic E-state index is -4.21. The Labute approximate surface area is 243 Å². The van der Waals surface area contributed by atoms with E-state index in [2.05, 4.69) is 20.5 Å². The van der Waals surface area contributed by atoms with E-state index < -0.39 is 22.0 Å². The van der Waals surface area contributed by atoms with Crippen molar-refractivity contribution in [2.24, 2.45) is 5.92 Å². The van der Waals surface area contributed by atoms with Gasteiger partial charge in [0.25, 0.3) is 10.0 Å². The second-order valence-corrected chi connectivity index (χ2v) is 13.3. The lowest BCUT2D eigenvalue weighted by molar-refractivity contribution is -0.125. The number of para-hydroxylation sites is 2. The number of carbonyl (C=O) groups excluding carboxylic acids is 2. The van der Waals surface area contributed by atoms with E-state index in [1.165, 1.54) is 6.07 Å². The van der Waals surface area contributed by atoms with Gasteiger partial charge < -0.3 is 15.5 Å². The number of aromatic nitrogens is 1. The van der Waals surface area contributed by atoms with Crippen molar-refractivity contribution in [3.8, 4) is 0 Å². The number of amides is 2. The summed E-state index contributed by atoms with van der Waals surface area (Å²) >= 11 is 7.87. The molecule has 12 heteroatoms. The van der Waals surface area contributed by atoms with Crippen LogP contribution >= 0.6 is 22.9 Å². The molecule has 0 bridgehead atoms. The molecular weight excluding hydrogens is 570 g/mol. The maximum Gasteiger partial charge on any atom is 0.265 e. The molecule has 3 aromatic rings. The average molecular weight is 602 g/mol. The number of hydrogen-bond acceptors (Lipinski definition) is 7. The number of sulfonamides is 1. The van der Waals surface area contributed by atoms with Crippen LogP contribution in [0.15, 0.2) is 52.9 Å². The maximum atomic E-state index is 14.1. The predicted octanol–water partition coefficient (Wildman–Crippen LogP) is 4.74. The Morgan fingerprint density at radius 2 is 1.93 bits per heavy atom. The highest BCUT2D eigenvalue weighted by Gasteiger charge is 2.42. The fourth-order valence-corrected chi connectivity index (χ4v) is 8.16. The molecule has 9 nitrogen and oxygen atoms in total. The number of hydrogen-bond donors (Lipinski definition) is 2. The lowest BCUT2D eigenvalue weighted by Gasteiger charge is -2.37. The fourth-order valence-electron chi connectivity index (χ4n) is 5.32. The molecule has 0 radical (unpaired) electrons. The second-order valence-electron chi connectivity index (χ2n) is 10.3. The minimum absolute atomic E-state index is 0.0494. The molecule has 212 valence electrons. The van der Waals surface area contributed by atoms with Gasteiger partial charge in [-0.3, -0.25) is 13.9 Å². The summed E-state index contributed by atoms with van der Waals surface area (Å²) in [6.45, 7) is 5.73. The summed E-state index contributed by atoms with van der Waals surface area (Å²) in [6, 6.07) is 8.57. The van der Waals surface area contributed by atoms with Crippen molar-refractivity contribution in [1.82, 2.24) is 10.3 Å². The third-order valence-corrected chi connectivity index (χ3v) is 10.7. The number of nitrogens with one attached hydrogen (secondary N) is 2. The molecule has 5 rings (SSSR count). The summed E-state index contributed by atoms with van der Waals surface area (Å²) in [5.41, 5.74) is 1.76. The number of nitrogens with zero attached hydrogens (tertiary/aromatic N) is 3. The van der Waals surface area contributed by atoms with Gasteiger partial charge in [0, 0.05) is 36.2 Å². The number of rotatable bonds is 8. The van der Waals surface area contributed by atoms with Crippen LogP contribution in [0.4, 0.5) is 16.5 Å². The first-order valence-corrected chi connectivity index (χ1v) is 16.0. The summed E-state index contributed by atoms with van der Waals surface area (Å²) in [5, 5.41) is 9.17. The molecule has 2 aliphatic rings. The van der Waals surface area contributed by atoms with Gasteiger partial charge in [0.1, 0.15) is 6.04 Å². The Hall–Kier alpha value is -3.15. The van der Waals surface area contributed by atoms with Crippen molar-refractivity contribution >= 4 is 61.3 Å². The van der Waals surface area contributed by atoms with Gasteiger partial charge in [-0.05, 0) is 74.4 Å². The van der Waals surface area contributed by atoms with E-state index >= 15 is 0 Å². The molecule has 0 saturated carbocycles. The fraction of sp³-hybridized carbons (Fsp3) is 0.393. The van der Waals surface area contributed by atoms with Crippen molar-refractivity contribution in [3.05, 3.63) is 64.1 Å². The summed E-state index contributed by atoms with van der Waals surface area (Å²) in [5.74, 6) is -0.436. The van der Waals surface area contributed by atoms with Gasteiger partial charge >= 0.3 is 0 Å². The van der Waals surface area contributed by atoms with Crippen molar-refractivity contribution in [3.63, 3.8) is 0 Å². The number of anilines is 3. The summed E-state index contributed by atoms with van der Waals surface area (Å²) in [6.07, 6.45) is 4.37. The molecule has 0 aliphatic carbocycles. The van der Waals surface area contributed by atoms with Crippen LogP contribution in [-0.2, 0) is 19.6 Å². The summed E-state index contributed by atoms with van der Waals surface area (Å²) in [7, 11) is -4.21. The van der Waals surface area contributed by atoms with Crippen LogP contribution in [0, 0.1) is 19.8 Å². The van der Waals surface area contributed by atoms with E-state index in [4.69, 9.17) is 11.6 Å². The van der Waals surface area contributed by atoms with E-state index in [1.54, 1.807) is 55.5 Å². The normalized spacial score (nSPS) is 17.9. The second kappa shape index (κ2) is 11.8. The Morgan fingerprint density at radius 3 is 2.65 bits per heavy atom. The van der Waals surface area contributed by atoms with E-state index in [0.717, 1.165) is 41.8 Å². The Bertz CT molecular complexity index is 1500. The van der Waals surface area contributed by atoms with E-state index in [9.17, 15) is 18.0 Å². The topological polar surface area (TPSA) is 112 Å². The molecule has 1 saturated heterocycles. The number of piperidine rings is 1. The quantitative estimate of drug-likeness (QED) is 0.386. The van der Waals surface area contributed by atoms with Crippen LogP contribution in [-0.4, -0.2) is 50.9 Å². The third-order valence-electron chi connectivity index (χ3n) is 7.54. The number of aryl methyl sites for hydroxylation is 2.